The number of carbonyl (C=O) groups excluding carboxylic acids is 2. The lowest BCUT2D eigenvalue weighted by Gasteiger charge is -2.42. The molecule has 0 radical (unpaired) electrons. The van der Waals surface area contributed by atoms with E-state index >= 15 is 0 Å². The summed E-state index contributed by atoms with van der Waals surface area (Å²) in [7, 11) is 0. The minimum atomic E-state index is -0.130. The van der Waals surface area contributed by atoms with Crippen molar-refractivity contribution < 1.29 is 19.1 Å². The van der Waals surface area contributed by atoms with Crippen LogP contribution in [0.1, 0.15) is 39.5 Å². The molecule has 6 heteroatoms. The van der Waals surface area contributed by atoms with Crippen molar-refractivity contribution in [2.45, 2.75) is 57.7 Å². The Labute approximate surface area is 143 Å². The molecule has 1 amide bonds. The minimum Gasteiger partial charge on any atom is -0.466 e. The number of rotatable bonds is 4. The second-order valence-corrected chi connectivity index (χ2v) is 7.68. The Bertz CT molecular complexity index is 499. The number of esters is 1. The summed E-state index contributed by atoms with van der Waals surface area (Å²) in [6, 6.07) is 1.24. The number of piperidine rings is 2. The zero-order valence-corrected chi connectivity index (χ0v) is 14.6. The van der Waals surface area contributed by atoms with Crippen LogP contribution in [0, 0.1) is 17.8 Å². The van der Waals surface area contributed by atoms with Crippen molar-refractivity contribution in [3.8, 4) is 0 Å². The Morgan fingerprint density at radius 2 is 1.50 bits per heavy atom. The average Bonchev–Trinajstić information content (AvgIpc) is 2.93. The van der Waals surface area contributed by atoms with Gasteiger partial charge in [0.15, 0.2) is 0 Å². The number of carbonyl (C=O) groups is 2. The maximum atomic E-state index is 12.2. The number of fused-ring (bicyclic) bond motifs is 3. The molecule has 3 unspecified atom stereocenters. The highest BCUT2D eigenvalue weighted by atomic mass is 16.6. The summed E-state index contributed by atoms with van der Waals surface area (Å²) in [5.74, 6) is 1.16. The van der Waals surface area contributed by atoms with Crippen LogP contribution in [-0.4, -0.2) is 66.3 Å². The van der Waals surface area contributed by atoms with Crippen molar-refractivity contribution in [3.05, 3.63) is 0 Å². The molecule has 3 saturated heterocycles. The molecule has 3 heterocycles. The van der Waals surface area contributed by atoms with Gasteiger partial charge in [-0.25, -0.2) is 4.79 Å². The first-order chi connectivity index (χ1) is 11.6. The maximum absolute atomic E-state index is 12.2. The predicted octanol–water partition coefficient (Wildman–Crippen LogP) is 1.88. The molecule has 4 rings (SSSR count). The van der Waals surface area contributed by atoms with Gasteiger partial charge in [-0.15, -0.1) is 0 Å². The van der Waals surface area contributed by atoms with Gasteiger partial charge in [-0.2, -0.15) is 0 Å². The Morgan fingerprint density at radius 1 is 0.917 bits per heavy atom. The standard InChI is InChI=1S/C18H28N2O4/c1-3-23-17(21)16-14-9-19(10-15(14)16)13-7-11-5-6-12(8-13)20(11)18(22)24-4-2/h11-16H,3-10H2,1-2H3/t11?,12?,13?,14-,15+,16?. The van der Waals surface area contributed by atoms with Gasteiger partial charge in [-0.1, -0.05) is 0 Å². The lowest BCUT2D eigenvalue weighted by Crippen LogP contribution is -2.52. The van der Waals surface area contributed by atoms with Crippen LogP contribution in [0.15, 0.2) is 0 Å². The molecular formula is C18H28N2O4. The molecule has 24 heavy (non-hydrogen) atoms. The van der Waals surface area contributed by atoms with Gasteiger partial charge < -0.3 is 14.4 Å². The molecule has 1 aliphatic carbocycles. The number of nitrogens with zero attached hydrogens (tertiary/aromatic N) is 2. The van der Waals surface area contributed by atoms with E-state index in [0.29, 0.717) is 43.2 Å². The van der Waals surface area contributed by atoms with Crippen LogP contribution < -0.4 is 0 Å². The first kappa shape index (κ1) is 16.2. The molecule has 5 atom stereocenters. The Kier molecular flexibility index (Phi) is 4.19. The fourth-order valence-electron chi connectivity index (χ4n) is 5.39. The molecule has 0 aromatic carbocycles. The predicted molar refractivity (Wildman–Crippen MR) is 87.4 cm³/mol. The number of amides is 1. The zero-order chi connectivity index (χ0) is 16.8. The third-order valence-electron chi connectivity index (χ3n) is 6.48. The zero-order valence-electron chi connectivity index (χ0n) is 14.6. The Balaban J connectivity index is 1.32. The fraction of sp³-hybridized carbons (Fsp3) is 0.889. The lowest BCUT2D eigenvalue weighted by atomic mass is 9.96. The largest absolute Gasteiger partial charge is 0.466 e. The quantitative estimate of drug-likeness (QED) is 0.734. The highest BCUT2D eigenvalue weighted by Gasteiger charge is 2.61. The second-order valence-electron chi connectivity index (χ2n) is 7.68. The van der Waals surface area contributed by atoms with E-state index in [1.54, 1.807) is 0 Å². The van der Waals surface area contributed by atoms with Crippen LogP contribution in [0.4, 0.5) is 4.79 Å². The summed E-state index contributed by atoms with van der Waals surface area (Å²) in [6.45, 7) is 6.71. The molecule has 0 aromatic heterocycles. The topological polar surface area (TPSA) is 59.1 Å². The van der Waals surface area contributed by atoms with Gasteiger partial charge >= 0.3 is 12.1 Å². The SMILES string of the molecule is CCOC(=O)C1[C@H]2CN(C3CC4CCC(C3)N4C(=O)OCC)C[C@@H]12. The van der Waals surface area contributed by atoms with E-state index in [9.17, 15) is 9.59 Å². The minimum absolute atomic E-state index is 0.00403. The van der Waals surface area contributed by atoms with Gasteiger partial charge in [0.2, 0.25) is 0 Å². The van der Waals surface area contributed by atoms with E-state index in [1.165, 1.54) is 0 Å². The van der Waals surface area contributed by atoms with E-state index < -0.39 is 0 Å². The number of hydrogen-bond acceptors (Lipinski definition) is 5. The normalized spacial score (nSPS) is 40.3. The summed E-state index contributed by atoms with van der Waals surface area (Å²) in [5.41, 5.74) is 0. The Morgan fingerprint density at radius 3 is 2.04 bits per heavy atom. The van der Waals surface area contributed by atoms with Crippen molar-refractivity contribution in [1.29, 1.82) is 0 Å². The first-order valence-corrected chi connectivity index (χ1v) is 9.49. The molecule has 4 aliphatic rings. The lowest BCUT2D eigenvalue weighted by molar-refractivity contribution is -0.145. The third-order valence-corrected chi connectivity index (χ3v) is 6.48. The summed E-state index contributed by atoms with van der Waals surface area (Å²) in [6.07, 6.45) is 4.19. The summed E-state index contributed by atoms with van der Waals surface area (Å²) < 4.78 is 10.4. The molecule has 1 saturated carbocycles. The fourth-order valence-corrected chi connectivity index (χ4v) is 5.39. The Hall–Kier alpha value is -1.30. The molecule has 3 aliphatic heterocycles. The van der Waals surface area contributed by atoms with E-state index in [1.807, 2.05) is 18.7 Å². The second kappa shape index (κ2) is 6.21. The van der Waals surface area contributed by atoms with Gasteiger partial charge in [-0.05, 0) is 51.4 Å². The van der Waals surface area contributed by atoms with E-state index in [2.05, 4.69) is 4.90 Å². The molecule has 2 bridgehead atoms. The van der Waals surface area contributed by atoms with Crippen LogP contribution in [-0.2, 0) is 14.3 Å². The molecular weight excluding hydrogens is 308 g/mol. The van der Waals surface area contributed by atoms with Crippen molar-refractivity contribution >= 4 is 12.1 Å². The average molecular weight is 336 g/mol. The van der Waals surface area contributed by atoms with E-state index in [0.717, 1.165) is 38.8 Å². The first-order valence-electron chi connectivity index (χ1n) is 9.49. The summed E-state index contributed by atoms with van der Waals surface area (Å²) in [5, 5.41) is 0. The van der Waals surface area contributed by atoms with Crippen LogP contribution in [0.2, 0.25) is 0 Å². The van der Waals surface area contributed by atoms with Crippen LogP contribution in [0.25, 0.3) is 0 Å². The summed E-state index contributed by atoms with van der Waals surface area (Å²) >= 11 is 0. The maximum Gasteiger partial charge on any atom is 0.410 e. The third kappa shape index (κ3) is 2.59. The van der Waals surface area contributed by atoms with Crippen LogP contribution >= 0.6 is 0 Å². The number of likely N-dealkylation sites (tertiary alicyclic amines) is 1. The number of ether oxygens (including phenoxy) is 2. The van der Waals surface area contributed by atoms with E-state index in [-0.39, 0.29) is 18.0 Å². The van der Waals surface area contributed by atoms with Gasteiger partial charge in [0.1, 0.15) is 0 Å². The van der Waals surface area contributed by atoms with Crippen LogP contribution in [0.3, 0.4) is 0 Å². The molecule has 0 aromatic rings. The highest BCUT2D eigenvalue weighted by Crippen LogP contribution is 2.54. The van der Waals surface area contributed by atoms with Crippen molar-refractivity contribution in [1.82, 2.24) is 9.80 Å². The van der Waals surface area contributed by atoms with Gasteiger partial charge in [-0.3, -0.25) is 9.69 Å². The summed E-state index contributed by atoms with van der Waals surface area (Å²) in [4.78, 5) is 28.6. The van der Waals surface area contributed by atoms with Crippen molar-refractivity contribution in [2.75, 3.05) is 26.3 Å². The van der Waals surface area contributed by atoms with Gasteiger partial charge in [0.25, 0.3) is 0 Å². The van der Waals surface area contributed by atoms with E-state index in [4.69, 9.17) is 9.47 Å². The molecule has 134 valence electrons. The van der Waals surface area contributed by atoms with Crippen molar-refractivity contribution in [2.24, 2.45) is 17.8 Å². The van der Waals surface area contributed by atoms with Crippen LogP contribution in [0.5, 0.6) is 0 Å². The van der Waals surface area contributed by atoms with Gasteiger partial charge in [0.05, 0.1) is 19.1 Å². The molecule has 0 N–H and O–H groups in total. The highest BCUT2D eigenvalue weighted by molar-refractivity contribution is 5.77. The smallest absolute Gasteiger partial charge is 0.410 e. The molecule has 0 spiro atoms. The van der Waals surface area contributed by atoms with Gasteiger partial charge in [0, 0.05) is 31.2 Å². The van der Waals surface area contributed by atoms with Crippen molar-refractivity contribution in [3.63, 3.8) is 0 Å². The molecule has 6 nitrogen and oxygen atoms in total. The monoisotopic (exact) mass is 336 g/mol. The molecule has 4 fully saturated rings. The number of hydrogen-bond donors (Lipinski definition) is 0.